The Kier molecular flexibility index (Phi) is 5.70. The van der Waals surface area contributed by atoms with Gasteiger partial charge in [-0.25, -0.2) is 0 Å². The van der Waals surface area contributed by atoms with Crippen LogP contribution >= 0.6 is 0 Å². The molecular formula is C22H23NO6. The van der Waals surface area contributed by atoms with Crippen molar-refractivity contribution in [2.45, 2.75) is 25.5 Å². The highest BCUT2D eigenvalue weighted by atomic mass is 16.5. The molecule has 152 valence electrons. The van der Waals surface area contributed by atoms with E-state index in [0.717, 1.165) is 14.2 Å². The summed E-state index contributed by atoms with van der Waals surface area (Å²) in [6.45, 7) is 1.41. The maximum absolute atomic E-state index is 12.9. The standard InChI is InChI=1S/C22H23NO6/c1-14(24)23-17-12-8-7-11-16(17)19(25)22(20(26)28-2,21(27)29-3)13-18(23)15-9-5-4-6-10-15/h4-12,18-19,25H,13H2,1-3H3/t18-,19-/m0/s1. The zero-order valence-corrected chi connectivity index (χ0v) is 16.5. The molecule has 7 heteroatoms. The molecule has 2 aromatic rings. The summed E-state index contributed by atoms with van der Waals surface area (Å²) in [6.07, 6.45) is -1.76. The van der Waals surface area contributed by atoms with Gasteiger partial charge in [-0.15, -0.1) is 0 Å². The van der Waals surface area contributed by atoms with Crippen LogP contribution in [0.25, 0.3) is 0 Å². The van der Waals surface area contributed by atoms with Crippen LogP contribution in [0.2, 0.25) is 0 Å². The van der Waals surface area contributed by atoms with Crippen LogP contribution in [0.4, 0.5) is 5.69 Å². The fourth-order valence-corrected chi connectivity index (χ4v) is 4.05. The average molecular weight is 397 g/mol. The van der Waals surface area contributed by atoms with Crippen molar-refractivity contribution >= 4 is 23.5 Å². The summed E-state index contributed by atoms with van der Waals surface area (Å²) < 4.78 is 9.87. The minimum absolute atomic E-state index is 0.203. The van der Waals surface area contributed by atoms with Gasteiger partial charge in [0.05, 0.1) is 25.9 Å². The largest absolute Gasteiger partial charge is 0.468 e. The van der Waals surface area contributed by atoms with E-state index in [1.54, 1.807) is 48.5 Å². The molecule has 0 aromatic heterocycles. The van der Waals surface area contributed by atoms with Crippen molar-refractivity contribution in [2.75, 3.05) is 19.1 Å². The normalized spacial score (nSPS) is 20.2. The van der Waals surface area contributed by atoms with Gasteiger partial charge >= 0.3 is 11.9 Å². The minimum atomic E-state index is -2.04. The summed E-state index contributed by atoms with van der Waals surface area (Å²) in [7, 11) is 2.30. The molecule has 2 atom stereocenters. The van der Waals surface area contributed by atoms with Crippen molar-refractivity contribution in [3.05, 3.63) is 65.7 Å². The van der Waals surface area contributed by atoms with E-state index in [0.29, 0.717) is 11.3 Å². The van der Waals surface area contributed by atoms with Crippen LogP contribution in [0.5, 0.6) is 0 Å². The predicted molar refractivity (Wildman–Crippen MR) is 105 cm³/mol. The molecule has 1 amide bonds. The maximum Gasteiger partial charge on any atom is 0.326 e. The van der Waals surface area contributed by atoms with Crippen LogP contribution < -0.4 is 4.90 Å². The molecule has 1 aliphatic heterocycles. The lowest BCUT2D eigenvalue weighted by molar-refractivity contribution is -0.180. The number of esters is 2. The summed E-state index contributed by atoms with van der Waals surface area (Å²) in [6, 6.07) is 15.0. The number of carbonyl (C=O) groups is 3. The van der Waals surface area contributed by atoms with E-state index in [-0.39, 0.29) is 17.9 Å². The Bertz CT molecular complexity index is 910. The Morgan fingerprint density at radius 3 is 2.07 bits per heavy atom. The Hall–Kier alpha value is -3.19. The number of rotatable bonds is 3. The second-order valence-electron chi connectivity index (χ2n) is 6.94. The maximum atomic E-state index is 12.9. The van der Waals surface area contributed by atoms with Crippen LogP contribution in [0.15, 0.2) is 54.6 Å². The van der Waals surface area contributed by atoms with Crippen LogP contribution in [0.1, 0.15) is 36.6 Å². The topological polar surface area (TPSA) is 93.1 Å². The number of fused-ring (bicyclic) bond motifs is 1. The van der Waals surface area contributed by atoms with E-state index in [1.165, 1.54) is 11.8 Å². The fraction of sp³-hybridized carbons (Fsp3) is 0.318. The summed E-state index contributed by atoms with van der Waals surface area (Å²) in [5, 5.41) is 11.3. The number of amides is 1. The zero-order valence-electron chi connectivity index (χ0n) is 16.5. The highest BCUT2D eigenvalue weighted by molar-refractivity contribution is 6.03. The van der Waals surface area contributed by atoms with Crippen molar-refractivity contribution in [2.24, 2.45) is 5.41 Å². The SMILES string of the molecule is COC(=O)C1(C(=O)OC)C[C@@H](c2ccccc2)N(C(C)=O)c2ccccc2[C@@H]1O. The lowest BCUT2D eigenvalue weighted by Gasteiger charge is -2.35. The Balaban J connectivity index is 2.36. The number of aliphatic hydroxyl groups excluding tert-OH is 1. The quantitative estimate of drug-likeness (QED) is 0.632. The van der Waals surface area contributed by atoms with E-state index in [1.807, 2.05) is 6.07 Å². The molecule has 0 fully saturated rings. The number of anilines is 1. The van der Waals surface area contributed by atoms with E-state index >= 15 is 0 Å². The highest BCUT2D eigenvalue weighted by Gasteiger charge is 2.59. The first kappa shape index (κ1) is 20.5. The summed E-state index contributed by atoms with van der Waals surface area (Å²) in [5.41, 5.74) is -0.624. The number of nitrogens with zero attached hydrogens (tertiary/aromatic N) is 1. The van der Waals surface area contributed by atoms with Crippen LogP contribution in [-0.2, 0) is 23.9 Å². The van der Waals surface area contributed by atoms with Gasteiger partial charge in [0.2, 0.25) is 5.91 Å². The van der Waals surface area contributed by atoms with Gasteiger partial charge in [0.15, 0.2) is 5.41 Å². The van der Waals surface area contributed by atoms with Crippen LogP contribution in [0, 0.1) is 5.41 Å². The molecule has 0 spiro atoms. The molecule has 1 aliphatic rings. The molecule has 7 nitrogen and oxygen atoms in total. The summed E-state index contributed by atoms with van der Waals surface area (Å²) >= 11 is 0. The third kappa shape index (κ3) is 3.27. The van der Waals surface area contributed by atoms with Gasteiger partial charge in [0.25, 0.3) is 0 Å². The predicted octanol–water partition coefficient (Wildman–Crippen LogP) is 2.55. The third-order valence-corrected chi connectivity index (χ3v) is 5.41. The number of para-hydroxylation sites is 1. The monoisotopic (exact) mass is 397 g/mol. The van der Waals surface area contributed by atoms with E-state index in [4.69, 9.17) is 9.47 Å². The van der Waals surface area contributed by atoms with Crippen molar-refractivity contribution in [3.8, 4) is 0 Å². The molecule has 1 heterocycles. The molecule has 0 unspecified atom stereocenters. The number of ether oxygens (including phenoxy) is 2. The van der Waals surface area contributed by atoms with Gasteiger partial charge < -0.3 is 19.5 Å². The molecule has 3 rings (SSSR count). The number of carbonyl (C=O) groups excluding carboxylic acids is 3. The first-order valence-electron chi connectivity index (χ1n) is 9.17. The smallest absolute Gasteiger partial charge is 0.326 e. The lowest BCUT2D eigenvalue weighted by atomic mass is 9.74. The fourth-order valence-electron chi connectivity index (χ4n) is 4.05. The Labute approximate surface area is 168 Å². The molecular weight excluding hydrogens is 374 g/mol. The van der Waals surface area contributed by atoms with Crippen LogP contribution in [0.3, 0.4) is 0 Å². The van der Waals surface area contributed by atoms with E-state index in [9.17, 15) is 19.5 Å². The lowest BCUT2D eigenvalue weighted by Crippen LogP contribution is -2.47. The van der Waals surface area contributed by atoms with Crippen molar-refractivity contribution in [3.63, 3.8) is 0 Å². The van der Waals surface area contributed by atoms with Gasteiger partial charge in [-0.05, 0) is 11.6 Å². The molecule has 29 heavy (non-hydrogen) atoms. The number of hydrogen-bond acceptors (Lipinski definition) is 6. The second kappa shape index (κ2) is 8.05. The Morgan fingerprint density at radius 2 is 1.52 bits per heavy atom. The average Bonchev–Trinajstić information content (AvgIpc) is 2.86. The van der Waals surface area contributed by atoms with E-state index < -0.39 is 29.5 Å². The molecule has 2 aromatic carbocycles. The zero-order chi connectivity index (χ0) is 21.2. The molecule has 0 bridgehead atoms. The third-order valence-electron chi connectivity index (χ3n) is 5.41. The number of benzene rings is 2. The van der Waals surface area contributed by atoms with Gasteiger partial charge in [0, 0.05) is 18.9 Å². The molecule has 1 N–H and O–H groups in total. The minimum Gasteiger partial charge on any atom is -0.468 e. The summed E-state index contributed by atoms with van der Waals surface area (Å²) in [4.78, 5) is 40.1. The molecule has 0 aliphatic carbocycles. The van der Waals surface area contributed by atoms with Crippen LogP contribution in [-0.4, -0.2) is 37.2 Å². The first-order chi connectivity index (χ1) is 13.9. The van der Waals surface area contributed by atoms with Gasteiger partial charge in [-0.2, -0.15) is 0 Å². The highest BCUT2D eigenvalue weighted by Crippen LogP contribution is 2.51. The number of aliphatic hydroxyl groups is 1. The van der Waals surface area contributed by atoms with Crippen molar-refractivity contribution in [1.29, 1.82) is 0 Å². The van der Waals surface area contributed by atoms with Crippen molar-refractivity contribution in [1.82, 2.24) is 0 Å². The molecule has 0 saturated carbocycles. The molecule has 0 saturated heterocycles. The van der Waals surface area contributed by atoms with Crippen molar-refractivity contribution < 1.29 is 29.0 Å². The van der Waals surface area contributed by atoms with Gasteiger partial charge in [0.1, 0.15) is 6.10 Å². The summed E-state index contributed by atoms with van der Waals surface area (Å²) in [5.74, 6) is -2.12. The van der Waals surface area contributed by atoms with E-state index in [2.05, 4.69) is 0 Å². The second-order valence-corrected chi connectivity index (χ2v) is 6.94. The van der Waals surface area contributed by atoms with Gasteiger partial charge in [-0.3, -0.25) is 14.4 Å². The molecule has 0 radical (unpaired) electrons. The number of methoxy groups -OCH3 is 2. The Morgan fingerprint density at radius 1 is 0.966 bits per heavy atom. The number of hydrogen-bond donors (Lipinski definition) is 1. The van der Waals surface area contributed by atoms with Gasteiger partial charge in [-0.1, -0.05) is 48.5 Å². The first-order valence-corrected chi connectivity index (χ1v) is 9.17.